The Morgan fingerprint density at radius 3 is 2.65 bits per heavy atom. The molecule has 2 rings (SSSR count). The molecule has 1 heterocycles. The summed E-state index contributed by atoms with van der Waals surface area (Å²) in [6.45, 7) is 3.90. The quantitative estimate of drug-likeness (QED) is 0.721. The second kappa shape index (κ2) is 7.25. The van der Waals surface area contributed by atoms with Crippen LogP contribution in [0.1, 0.15) is 24.4 Å². The van der Waals surface area contributed by atoms with Crippen LogP contribution < -0.4 is 5.43 Å². The molecule has 0 fully saturated rings. The molecule has 0 aliphatic rings. The zero-order valence-electron chi connectivity index (χ0n) is 11.3. The third kappa shape index (κ3) is 3.94. The lowest BCUT2D eigenvalue weighted by atomic mass is 10.0. The molecule has 104 valence electrons. The van der Waals surface area contributed by atoms with Gasteiger partial charge in [0.1, 0.15) is 0 Å². The van der Waals surface area contributed by atoms with Gasteiger partial charge >= 0.3 is 0 Å². The maximum absolute atomic E-state index is 11.4. The van der Waals surface area contributed by atoms with Gasteiger partial charge in [-0.1, -0.05) is 36.4 Å². The lowest BCUT2D eigenvalue weighted by Gasteiger charge is -2.17. The molecular weight excluding hydrogens is 314 g/mol. The highest BCUT2D eigenvalue weighted by Crippen LogP contribution is 2.18. The fraction of sp³-hybridized carbons (Fsp3) is 0.235. The summed E-state index contributed by atoms with van der Waals surface area (Å²) in [6.07, 6.45) is 8.74. The van der Waals surface area contributed by atoms with E-state index in [9.17, 15) is 4.79 Å². The van der Waals surface area contributed by atoms with Crippen molar-refractivity contribution in [1.29, 1.82) is 0 Å². The van der Waals surface area contributed by atoms with Crippen molar-refractivity contribution >= 4 is 15.9 Å². The molecule has 0 amide bonds. The first kappa shape index (κ1) is 14.8. The van der Waals surface area contributed by atoms with Gasteiger partial charge < -0.3 is 4.57 Å². The van der Waals surface area contributed by atoms with Crippen LogP contribution in [0.5, 0.6) is 0 Å². The summed E-state index contributed by atoms with van der Waals surface area (Å²) in [7, 11) is 0. The molecule has 0 N–H and O–H groups in total. The highest BCUT2D eigenvalue weighted by atomic mass is 79.9. The van der Waals surface area contributed by atoms with E-state index in [0.717, 1.165) is 19.3 Å². The number of benzene rings is 1. The minimum atomic E-state index is 0.00773. The van der Waals surface area contributed by atoms with Crippen LogP contribution in [0.2, 0.25) is 0 Å². The van der Waals surface area contributed by atoms with E-state index in [0.29, 0.717) is 4.47 Å². The third-order valence-electron chi connectivity index (χ3n) is 3.36. The fourth-order valence-corrected chi connectivity index (χ4v) is 2.59. The molecular formula is C17H18BrNO. The number of hydrogen-bond donors (Lipinski definition) is 0. The maximum Gasteiger partial charge on any atom is 0.195 e. The van der Waals surface area contributed by atoms with Crippen molar-refractivity contribution in [3.8, 4) is 0 Å². The average molecular weight is 332 g/mol. The molecule has 3 heteroatoms. The van der Waals surface area contributed by atoms with Crippen molar-refractivity contribution in [2.45, 2.75) is 25.3 Å². The first-order valence-corrected chi connectivity index (χ1v) is 7.54. The van der Waals surface area contributed by atoms with E-state index in [4.69, 9.17) is 0 Å². The van der Waals surface area contributed by atoms with Crippen LogP contribution in [0.4, 0.5) is 0 Å². The van der Waals surface area contributed by atoms with Crippen LogP contribution >= 0.6 is 15.9 Å². The van der Waals surface area contributed by atoms with Gasteiger partial charge in [-0.25, -0.2) is 0 Å². The van der Waals surface area contributed by atoms with Crippen molar-refractivity contribution < 1.29 is 0 Å². The van der Waals surface area contributed by atoms with Crippen LogP contribution in [0.3, 0.4) is 0 Å². The van der Waals surface area contributed by atoms with Gasteiger partial charge in [0, 0.05) is 18.5 Å². The summed E-state index contributed by atoms with van der Waals surface area (Å²) in [5.74, 6) is 0. The molecule has 20 heavy (non-hydrogen) atoms. The van der Waals surface area contributed by atoms with Gasteiger partial charge in [0.05, 0.1) is 10.5 Å². The number of halogens is 1. The number of aryl methyl sites for hydroxylation is 1. The molecule has 1 atom stereocenters. The molecule has 1 aromatic carbocycles. The number of pyridine rings is 1. The van der Waals surface area contributed by atoms with Gasteiger partial charge in [-0.15, -0.1) is 6.58 Å². The Hall–Kier alpha value is -1.61. The topological polar surface area (TPSA) is 22.0 Å². The second-order valence-electron chi connectivity index (χ2n) is 4.79. The minimum absolute atomic E-state index is 0.00773. The predicted molar refractivity (Wildman–Crippen MR) is 87.0 cm³/mol. The lowest BCUT2D eigenvalue weighted by molar-refractivity contribution is 0.531. The Balaban J connectivity index is 1.97. The molecule has 0 saturated heterocycles. The second-order valence-corrected chi connectivity index (χ2v) is 5.64. The monoisotopic (exact) mass is 331 g/mol. The van der Waals surface area contributed by atoms with E-state index in [1.807, 2.05) is 29.1 Å². The zero-order valence-corrected chi connectivity index (χ0v) is 12.9. The lowest BCUT2D eigenvalue weighted by Crippen LogP contribution is -2.11. The first-order chi connectivity index (χ1) is 9.70. The number of nitrogens with zero attached hydrogens (tertiary/aromatic N) is 1. The summed E-state index contributed by atoms with van der Waals surface area (Å²) in [4.78, 5) is 11.4. The molecule has 2 aromatic rings. The SMILES string of the molecule is C=C[C@@H](CCCc1ccccc1)n1ccc(=O)c(Br)c1. The van der Waals surface area contributed by atoms with Gasteiger partial charge in [0.25, 0.3) is 0 Å². The maximum atomic E-state index is 11.4. The zero-order chi connectivity index (χ0) is 14.4. The normalized spacial score (nSPS) is 12.1. The Kier molecular flexibility index (Phi) is 5.36. The van der Waals surface area contributed by atoms with E-state index in [1.54, 1.807) is 6.07 Å². The summed E-state index contributed by atoms with van der Waals surface area (Å²) >= 11 is 3.28. The number of rotatable bonds is 6. The van der Waals surface area contributed by atoms with Crippen LogP contribution in [0, 0.1) is 0 Å². The van der Waals surface area contributed by atoms with E-state index >= 15 is 0 Å². The van der Waals surface area contributed by atoms with Crippen molar-refractivity contribution in [3.63, 3.8) is 0 Å². The number of aromatic nitrogens is 1. The van der Waals surface area contributed by atoms with Crippen molar-refractivity contribution in [2.75, 3.05) is 0 Å². The standard InChI is InChI=1S/C17H18BrNO/c1-2-15(19-12-11-17(20)16(18)13-19)10-6-9-14-7-4-3-5-8-14/h2-5,7-8,11-13,15H,1,6,9-10H2/t15-/m0/s1. The molecule has 2 nitrogen and oxygen atoms in total. The molecule has 0 aliphatic heterocycles. The largest absolute Gasteiger partial charge is 0.346 e. The smallest absolute Gasteiger partial charge is 0.195 e. The molecule has 0 unspecified atom stereocenters. The predicted octanol–water partition coefficient (Wildman–Crippen LogP) is 4.36. The van der Waals surface area contributed by atoms with E-state index in [2.05, 4.69) is 46.8 Å². The number of allylic oxidation sites excluding steroid dienone is 1. The summed E-state index contributed by atoms with van der Waals surface area (Å²) in [5.41, 5.74) is 1.37. The van der Waals surface area contributed by atoms with E-state index < -0.39 is 0 Å². The van der Waals surface area contributed by atoms with E-state index in [1.165, 1.54) is 5.56 Å². The van der Waals surface area contributed by atoms with Crippen molar-refractivity contribution in [2.24, 2.45) is 0 Å². The molecule has 0 radical (unpaired) electrons. The van der Waals surface area contributed by atoms with Crippen molar-refractivity contribution in [3.05, 3.63) is 81.7 Å². The van der Waals surface area contributed by atoms with Gasteiger partial charge in [0.15, 0.2) is 5.43 Å². The Morgan fingerprint density at radius 1 is 1.25 bits per heavy atom. The molecule has 0 aliphatic carbocycles. The molecule has 0 spiro atoms. The average Bonchev–Trinajstić information content (AvgIpc) is 2.48. The Morgan fingerprint density at radius 2 is 2.00 bits per heavy atom. The highest BCUT2D eigenvalue weighted by molar-refractivity contribution is 9.10. The van der Waals surface area contributed by atoms with Gasteiger partial charge in [-0.3, -0.25) is 4.79 Å². The number of hydrogen-bond acceptors (Lipinski definition) is 1. The van der Waals surface area contributed by atoms with Gasteiger partial charge in [0.2, 0.25) is 0 Å². The van der Waals surface area contributed by atoms with E-state index in [-0.39, 0.29) is 11.5 Å². The first-order valence-electron chi connectivity index (χ1n) is 6.74. The Labute approximate surface area is 127 Å². The van der Waals surface area contributed by atoms with Crippen LogP contribution in [0.15, 0.2) is 70.7 Å². The van der Waals surface area contributed by atoms with Crippen LogP contribution in [-0.4, -0.2) is 4.57 Å². The molecule has 1 aromatic heterocycles. The summed E-state index contributed by atoms with van der Waals surface area (Å²) in [6, 6.07) is 12.3. The van der Waals surface area contributed by atoms with Crippen molar-refractivity contribution in [1.82, 2.24) is 4.57 Å². The third-order valence-corrected chi connectivity index (χ3v) is 3.95. The Bertz CT molecular complexity index is 618. The van der Waals surface area contributed by atoms with Crippen LogP contribution in [-0.2, 0) is 6.42 Å². The summed E-state index contributed by atoms with van der Waals surface area (Å²) < 4.78 is 2.62. The fourth-order valence-electron chi connectivity index (χ4n) is 2.23. The molecule has 0 saturated carbocycles. The van der Waals surface area contributed by atoms with Gasteiger partial charge in [-0.2, -0.15) is 0 Å². The summed E-state index contributed by atoms with van der Waals surface area (Å²) in [5, 5.41) is 0. The van der Waals surface area contributed by atoms with Gasteiger partial charge in [-0.05, 0) is 40.8 Å². The minimum Gasteiger partial charge on any atom is -0.346 e. The molecule has 0 bridgehead atoms. The highest BCUT2D eigenvalue weighted by Gasteiger charge is 2.06. The van der Waals surface area contributed by atoms with Crippen LogP contribution in [0.25, 0.3) is 0 Å².